The monoisotopic (exact) mass is 339 g/mol. The maximum atomic E-state index is 12.7. The molecule has 1 aromatic heterocycles. The highest BCUT2D eigenvalue weighted by molar-refractivity contribution is 5.75. The molecule has 3 atom stereocenters. The number of hydrogen-bond acceptors (Lipinski definition) is 6. The SMILES string of the molecule is Cc1noc([C@@H]2[C@@H](C)OCCN2C(=O)N[C@H](C)CN(C)C(C)C)n1. The highest BCUT2D eigenvalue weighted by Crippen LogP contribution is 2.28. The van der Waals surface area contributed by atoms with Gasteiger partial charge in [0, 0.05) is 25.2 Å². The number of nitrogens with one attached hydrogen (secondary N) is 1. The standard InChI is InChI=1S/C16H29N5O3/c1-10(2)20(6)9-11(3)17-16(22)21-7-8-23-12(4)14(21)15-18-13(5)19-24-15/h10-12,14H,7-9H2,1-6H3,(H,17,22)/t11-,12-,14+/m1/s1. The fourth-order valence-corrected chi connectivity index (χ4v) is 2.80. The summed E-state index contributed by atoms with van der Waals surface area (Å²) in [6.07, 6.45) is -0.196. The van der Waals surface area contributed by atoms with E-state index in [2.05, 4.69) is 34.2 Å². The molecule has 1 fully saturated rings. The molecule has 1 aromatic rings. The molecule has 8 nitrogen and oxygen atoms in total. The van der Waals surface area contributed by atoms with Gasteiger partial charge in [-0.15, -0.1) is 0 Å². The van der Waals surface area contributed by atoms with E-state index in [0.29, 0.717) is 30.9 Å². The number of carbonyl (C=O) groups is 1. The third-order valence-corrected chi connectivity index (χ3v) is 4.36. The van der Waals surface area contributed by atoms with Crippen molar-refractivity contribution in [1.82, 2.24) is 25.3 Å². The van der Waals surface area contributed by atoms with Crippen LogP contribution in [0.1, 0.15) is 45.5 Å². The molecule has 24 heavy (non-hydrogen) atoms. The Balaban J connectivity index is 2.05. The summed E-state index contributed by atoms with van der Waals surface area (Å²) in [7, 11) is 2.05. The topological polar surface area (TPSA) is 83.7 Å². The van der Waals surface area contributed by atoms with Crippen molar-refractivity contribution in [3.8, 4) is 0 Å². The molecule has 2 rings (SSSR count). The van der Waals surface area contributed by atoms with Gasteiger partial charge in [-0.05, 0) is 41.7 Å². The first-order valence-corrected chi connectivity index (χ1v) is 8.48. The van der Waals surface area contributed by atoms with Gasteiger partial charge < -0.3 is 24.4 Å². The molecule has 0 unspecified atom stereocenters. The number of carbonyl (C=O) groups excluding carboxylic acids is 1. The Kier molecular flexibility index (Phi) is 6.17. The third kappa shape index (κ3) is 4.45. The lowest BCUT2D eigenvalue weighted by Crippen LogP contribution is -2.54. The van der Waals surface area contributed by atoms with E-state index < -0.39 is 0 Å². The number of morpholine rings is 1. The second-order valence-corrected chi connectivity index (χ2v) is 6.78. The number of ether oxygens (including phenoxy) is 1. The zero-order valence-electron chi connectivity index (χ0n) is 15.4. The van der Waals surface area contributed by atoms with Crippen LogP contribution in [-0.2, 0) is 4.74 Å². The number of amides is 2. The summed E-state index contributed by atoms with van der Waals surface area (Å²) in [5.74, 6) is 0.969. The van der Waals surface area contributed by atoms with Crippen LogP contribution in [0.25, 0.3) is 0 Å². The van der Waals surface area contributed by atoms with Gasteiger partial charge in [0.15, 0.2) is 5.82 Å². The number of aryl methyl sites for hydroxylation is 1. The van der Waals surface area contributed by atoms with Crippen molar-refractivity contribution in [2.75, 3.05) is 26.7 Å². The molecular formula is C16H29N5O3. The van der Waals surface area contributed by atoms with E-state index >= 15 is 0 Å². The summed E-state index contributed by atoms with van der Waals surface area (Å²) < 4.78 is 11.0. The summed E-state index contributed by atoms with van der Waals surface area (Å²) in [4.78, 5) is 21.0. The van der Waals surface area contributed by atoms with Crippen molar-refractivity contribution in [1.29, 1.82) is 0 Å². The molecule has 2 amide bonds. The van der Waals surface area contributed by atoms with Crippen LogP contribution in [0.5, 0.6) is 0 Å². The van der Waals surface area contributed by atoms with E-state index in [-0.39, 0.29) is 24.2 Å². The van der Waals surface area contributed by atoms with Gasteiger partial charge in [-0.3, -0.25) is 0 Å². The predicted octanol–water partition coefficient (Wildman–Crippen LogP) is 1.58. The minimum atomic E-state index is -0.366. The average Bonchev–Trinajstić information content (AvgIpc) is 2.92. The molecule has 8 heteroatoms. The second-order valence-electron chi connectivity index (χ2n) is 6.78. The van der Waals surface area contributed by atoms with Crippen molar-refractivity contribution in [2.45, 2.75) is 58.8 Å². The lowest BCUT2D eigenvalue weighted by atomic mass is 10.1. The normalized spacial score (nSPS) is 22.9. The first-order chi connectivity index (χ1) is 11.3. The Bertz CT molecular complexity index is 548. The molecule has 1 N–H and O–H groups in total. The molecule has 1 aliphatic heterocycles. The maximum Gasteiger partial charge on any atom is 0.318 e. The molecule has 0 aromatic carbocycles. The van der Waals surface area contributed by atoms with E-state index in [1.54, 1.807) is 11.8 Å². The fourth-order valence-electron chi connectivity index (χ4n) is 2.80. The molecular weight excluding hydrogens is 310 g/mol. The fraction of sp³-hybridized carbons (Fsp3) is 0.812. The molecule has 0 radical (unpaired) electrons. The average molecular weight is 339 g/mol. The number of urea groups is 1. The van der Waals surface area contributed by atoms with E-state index in [1.165, 1.54) is 0 Å². The van der Waals surface area contributed by atoms with Crippen molar-refractivity contribution in [3.63, 3.8) is 0 Å². The van der Waals surface area contributed by atoms with Gasteiger partial charge in [0.2, 0.25) is 0 Å². The Labute approximate surface area is 143 Å². The lowest BCUT2D eigenvalue weighted by molar-refractivity contribution is -0.0549. The molecule has 0 saturated carbocycles. The summed E-state index contributed by atoms with van der Waals surface area (Å²) in [5.41, 5.74) is 0. The Morgan fingerprint density at radius 3 is 2.75 bits per heavy atom. The van der Waals surface area contributed by atoms with Crippen LogP contribution >= 0.6 is 0 Å². The molecule has 0 bridgehead atoms. The molecule has 0 spiro atoms. The Morgan fingerprint density at radius 2 is 2.17 bits per heavy atom. The first-order valence-electron chi connectivity index (χ1n) is 8.48. The van der Waals surface area contributed by atoms with E-state index in [0.717, 1.165) is 6.54 Å². The van der Waals surface area contributed by atoms with Crippen LogP contribution in [0, 0.1) is 6.92 Å². The van der Waals surface area contributed by atoms with Gasteiger partial charge >= 0.3 is 6.03 Å². The summed E-state index contributed by atoms with van der Waals surface area (Å²) in [6, 6.07) is -0.0272. The minimum absolute atomic E-state index is 0.0353. The molecule has 1 aliphatic rings. The largest absolute Gasteiger partial charge is 0.374 e. The highest BCUT2D eigenvalue weighted by atomic mass is 16.5. The van der Waals surface area contributed by atoms with Crippen molar-refractivity contribution < 1.29 is 14.1 Å². The number of likely N-dealkylation sites (N-methyl/N-ethyl adjacent to an activating group) is 1. The van der Waals surface area contributed by atoms with E-state index in [4.69, 9.17) is 9.26 Å². The van der Waals surface area contributed by atoms with Gasteiger partial charge in [0.05, 0.1) is 12.7 Å². The molecule has 1 saturated heterocycles. The maximum absolute atomic E-state index is 12.7. The first kappa shape index (κ1) is 18.7. The number of rotatable bonds is 5. The van der Waals surface area contributed by atoms with Gasteiger partial charge in [-0.1, -0.05) is 5.16 Å². The number of nitrogens with zero attached hydrogens (tertiary/aromatic N) is 4. The summed E-state index contributed by atoms with van der Waals surface area (Å²) >= 11 is 0. The zero-order chi connectivity index (χ0) is 17.9. The Hall–Kier alpha value is -1.67. The van der Waals surface area contributed by atoms with Gasteiger partial charge in [-0.25, -0.2) is 4.79 Å². The molecule has 136 valence electrons. The molecule has 2 heterocycles. The second kappa shape index (κ2) is 7.94. The van der Waals surface area contributed by atoms with Crippen LogP contribution in [0.3, 0.4) is 0 Å². The summed E-state index contributed by atoms with van der Waals surface area (Å²) in [6.45, 7) is 11.7. The third-order valence-electron chi connectivity index (χ3n) is 4.36. The van der Waals surface area contributed by atoms with E-state index in [9.17, 15) is 4.79 Å². The zero-order valence-corrected chi connectivity index (χ0v) is 15.4. The van der Waals surface area contributed by atoms with Crippen molar-refractivity contribution in [2.24, 2.45) is 0 Å². The predicted molar refractivity (Wildman–Crippen MR) is 89.7 cm³/mol. The van der Waals surface area contributed by atoms with Crippen molar-refractivity contribution >= 4 is 6.03 Å². The van der Waals surface area contributed by atoms with Crippen LogP contribution in [0.4, 0.5) is 4.79 Å². The van der Waals surface area contributed by atoms with Gasteiger partial charge in [-0.2, -0.15) is 4.98 Å². The van der Waals surface area contributed by atoms with Crippen LogP contribution in [0.2, 0.25) is 0 Å². The Morgan fingerprint density at radius 1 is 1.46 bits per heavy atom. The molecule has 0 aliphatic carbocycles. The van der Waals surface area contributed by atoms with Crippen LogP contribution in [0.15, 0.2) is 4.52 Å². The number of hydrogen-bond donors (Lipinski definition) is 1. The minimum Gasteiger partial charge on any atom is -0.374 e. The van der Waals surface area contributed by atoms with Crippen LogP contribution in [-0.4, -0.2) is 70.9 Å². The van der Waals surface area contributed by atoms with Crippen molar-refractivity contribution in [3.05, 3.63) is 11.7 Å². The smallest absolute Gasteiger partial charge is 0.318 e. The lowest BCUT2D eigenvalue weighted by Gasteiger charge is -2.38. The van der Waals surface area contributed by atoms with Gasteiger partial charge in [0.25, 0.3) is 5.89 Å². The van der Waals surface area contributed by atoms with Crippen LogP contribution < -0.4 is 5.32 Å². The quantitative estimate of drug-likeness (QED) is 0.877. The van der Waals surface area contributed by atoms with Gasteiger partial charge in [0.1, 0.15) is 6.04 Å². The highest BCUT2D eigenvalue weighted by Gasteiger charge is 2.38. The summed E-state index contributed by atoms with van der Waals surface area (Å²) in [5, 5.41) is 6.90. The van der Waals surface area contributed by atoms with E-state index in [1.807, 2.05) is 20.9 Å². The number of aromatic nitrogens is 2.